The van der Waals surface area contributed by atoms with E-state index in [1.54, 1.807) is 14.2 Å². The molecular formula is C11H17NO2. The highest BCUT2D eigenvalue weighted by atomic mass is 16.5. The number of benzene rings is 1. The summed E-state index contributed by atoms with van der Waals surface area (Å²) < 4.78 is 10.3. The average molecular weight is 195 g/mol. The third kappa shape index (κ3) is 2.39. The molecule has 1 aromatic carbocycles. The number of ether oxygens (including phenoxy) is 2. The lowest BCUT2D eigenvalue weighted by Gasteiger charge is -2.12. The minimum atomic E-state index is 0.0407. The van der Waals surface area contributed by atoms with Crippen LogP contribution in [0.1, 0.15) is 24.9 Å². The van der Waals surface area contributed by atoms with Crippen molar-refractivity contribution in [2.45, 2.75) is 19.4 Å². The van der Waals surface area contributed by atoms with Gasteiger partial charge in [-0.3, -0.25) is 0 Å². The van der Waals surface area contributed by atoms with Crippen LogP contribution in [0.5, 0.6) is 11.5 Å². The molecule has 14 heavy (non-hydrogen) atoms. The second-order valence-corrected chi connectivity index (χ2v) is 3.16. The Labute approximate surface area is 84.8 Å². The van der Waals surface area contributed by atoms with Crippen molar-refractivity contribution in [3.8, 4) is 11.5 Å². The second-order valence-electron chi connectivity index (χ2n) is 3.16. The van der Waals surface area contributed by atoms with Crippen molar-refractivity contribution in [3.63, 3.8) is 0 Å². The lowest BCUT2D eigenvalue weighted by atomic mass is 10.0. The highest BCUT2D eigenvalue weighted by molar-refractivity contribution is 5.39. The molecule has 0 radical (unpaired) electrons. The predicted molar refractivity (Wildman–Crippen MR) is 56.8 cm³/mol. The molecular weight excluding hydrogens is 178 g/mol. The van der Waals surface area contributed by atoms with Gasteiger partial charge in [-0.05, 0) is 24.1 Å². The van der Waals surface area contributed by atoms with Crippen LogP contribution >= 0.6 is 0 Å². The number of methoxy groups -OCH3 is 2. The summed E-state index contributed by atoms with van der Waals surface area (Å²) in [5.74, 6) is 1.56. The number of rotatable bonds is 4. The van der Waals surface area contributed by atoms with Crippen LogP contribution in [-0.2, 0) is 0 Å². The zero-order chi connectivity index (χ0) is 10.6. The highest BCUT2D eigenvalue weighted by Crippen LogP contribution is 2.26. The molecule has 0 heterocycles. The van der Waals surface area contributed by atoms with E-state index in [4.69, 9.17) is 15.2 Å². The van der Waals surface area contributed by atoms with E-state index < -0.39 is 0 Å². The summed E-state index contributed by atoms with van der Waals surface area (Å²) in [5.41, 5.74) is 6.98. The van der Waals surface area contributed by atoms with Gasteiger partial charge in [-0.2, -0.15) is 0 Å². The van der Waals surface area contributed by atoms with Gasteiger partial charge in [0.25, 0.3) is 0 Å². The van der Waals surface area contributed by atoms with Crippen LogP contribution in [0.25, 0.3) is 0 Å². The second kappa shape index (κ2) is 4.86. The van der Waals surface area contributed by atoms with Crippen molar-refractivity contribution in [2.24, 2.45) is 5.73 Å². The standard InChI is InChI=1S/C11H17NO2/c1-4-11(12)8-5-9(13-2)7-10(6-8)14-3/h5-7,11H,4,12H2,1-3H3/t11-/m0/s1. The van der Waals surface area contributed by atoms with Gasteiger partial charge < -0.3 is 15.2 Å². The summed E-state index contributed by atoms with van der Waals surface area (Å²) in [6.07, 6.45) is 0.899. The first-order valence-electron chi connectivity index (χ1n) is 4.69. The van der Waals surface area contributed by atoms with Crippen molar-refractivity contribution in [1.82, 2.24) is 0 Å². The van der Waals surface area contributed by atoms with Gasteiger partial charge >= 0.3 is 0 Å². The van der Waals surface area contributed by atoms with Gasteiger partial charge in [-0.15, -0.1) is 0 Å². The fourth-order valence-corrected chi connectivity index (χ4v) is 1.28. The molecule has 3 nitrogen and oxygen atoms in total. The molecule has 0 aliphatic carbocycles. The van der Waals surface area contributed by atoms with Crippen LogP contribution in [0.2, 0.25) is 0 Å². The first-order chi connectivity index (χ1) is 6.71. The molecule has 0 saturated carbocycles. The Bertz CT molecular complexity index is 277. The molecule has 0 bridgehead atoms. The van der Waals surface area contributed by atoms with E-state index in [1.165, 1.54) is 0 Å². The number of hydrogen-bond donors (Lipinski definition) is 1. The first-order valence-corrected chi connectivity index (χ1v) is 4.69. The molecule has 0 aromatic heterocycles. The minimum absolute atomic E-state index is 0.0407. The van der Waals surface area contributed by atoms with Crippen molar-refractivity contribution in [3.05, 3.63) is 23.8 Å². The first kappa shape index (κ1) is 10.9. The van der Waals surface area contributed by atoms with E-state index in [0.717, 1.165) is 23.5 Å². The lowest BCUT2D eigenvalue weighted by Crippen LogP contribution is -2.08. The Morgan fingerprint density at radius 1 is 1.14 bits per heavy atom. The summed E-state index contributed by atoms with van der Waals surface area (Å²) in [7, 11) is 3.27. The largest absolute Gasteiger partial charge is 0.497 e. The third-order valence-electron chi connectivity index (χ3n) is 2.24. The lowest BCUT2D eigenvalue weighted by molar-refractivity contribution is 0.392. The van der Waals surface area contributed by atoms with Crippen LogP contribution in [-0.4, -0.2) is 14.2 Å². The Kier molecular flexibility index (Phi) is 3.77. The fraction of sp³-hybridized carbons (Fsp3) is 0.455. The molecule has 1 atom stereocenters. The summed E-state index contributed by atoms with van der Waals surface area (Å²) in [6.45, 7) is 2.05. The Hall–Kier alpha value is -1.22. The Morgan fingerprint density at radius 2 is 1.64 bits per heavy atom. The van der Waals surface area contributed by atoms with E-state index in [0.29, 0.717) is 0 Å². The normalized spacial score (nSPS) is 12.3. The van der Waals surface area contributed by atoms with Gasteiger partial charge in [0.05, 0.1) is 14.2 Å². The van der Waals surface area contributed by atoms with Crippen LogP contribution < -0.4 is 15.2 Å². The maximum Gasteiger partial charge on any atom is 0.122 e. The van der Waals surface area contributed by atoms with Crippen LogP contribution in [0.15, 0.2) is 18.2 Å². The Morgan fingerprint density at radius 3 is 2.00 bits per heavy atom. The van der Waals surface area contributed by atoms with Crippen LogP contribution in [0, 0.1) is 0 Å². The van der Waals surface area contributed by atoms with Gasteiger partial charge in [0, 0.05) is 12.1 Å². The van der Waals surface area contributed by atoms with Gasteiger partial charge in [0.1, 0.15) is 11.5 Å². The van der Waals surface area contributed by atoms with E-state index >= 15 is 0 Å². The van der Waals surface area contributed by atoms with Gasteiger partial charge in [0.15, 0.2) is 0 Å². The molecule has 0 amide bonds. The zero-order valence-electron chi connectivity index (χ0n) is 8.91. The molecule has 0 aliphatic heterocycles. The van der Waals surface area contributed by atoms with Gasteiger partial charge in [0.2, 0.25) is 0 Å². The van der Waals surface area contributed by atoms with E-state index in [9.17, 15) is 0 Å². The molecule has 0 unspecified atom stereocenters. The van der Waals surface area contributed by atoms with Gasteiger partial charge in [-0.25, -0.2) is 0 Å². The molecule has 3 heteroatoms. The minimum Gasteiger partial charge on any atom is -0.497 e. The number of nitrogens with two attached hydrogens (primary N) is 1. The van der Waals surface area contributed by atoms with Crippen LogP contribution in [0.4, 0.5) is 0 Å². The molecule has 0 spiro atoms. The number of hydrogen-bond acceptors (Lipinski definition) is 3. The van der Waals surface area contributed by atoms with E-state index in [-0.39, 0.29) is 6.04 Å². The zero-order valence-corrected chi connectivity index (χ0v) is 8.91. The summed E-state index contributed by atoms with van der Waals surface area (Å²) in [5, 5.41) is 0. The summed E-state index contributed by atoms with van der Waals surface area (Å²) in [4.78, 5) is 0. The topological polar surface area (TPSA) is 44.5 Å². The fourth-order valence-electron chi connectivity index (χ4n) is 1.28. The van der Waals surface area contributed by atoms with E-state index in [2.05, 4.69) is 6.92 Å². The maximum atomic E-state index is 5.93. The maximum absolute atomic E-state index is 5.93. The molecule has 2 N–H and O–H groups in total. The molecule has 0 aliphatic rings. The summed E-state index contributed by atoms with van der Waals surface area (Å²) in [6, 6.07) is 5.76. The van der Waals surface area contributed by atoms with Crippen molar-refractivity contribution >= 4 is 0 Å². The van der Waals surface area contributed by atoms with Crippen molar-refractivity contribution < 1.29 is 9.47 Å². The summed E-state index contributed by atoms with van der Waals surface area (Å²) >= 11 is 0. The molecule has 78 valence electrons. The molecule has 1 rings (SSSR count). The van der Waals surface area contributed by atoms with Crippen LogP contribution in [0.3, 0.4) is 0 Å². The monoisotopic (exact) mass is 195 g/mol. The quantitative estimate of drug-likeness (QED) is 0.800. The molecule has 1 aromatic rings. The van der Waals surface area contributed by atoms with Crippen molar-refractivity contribution in [1.29, 1.82) is 0 Å². The highest BCUT2D eigenvalue weighted by Gasteiger charge is 2.07. The van der Waals surface area contributed by atoms with Crippen molar-refractivity contribution in [2.75, 3.05) is 14.2 Å². The third-order valence-corrected chi connectivity index (χ3v) is 2.24. The molecule has 0 saturated heterocycles. The van der Waals surface area contributed by atoms with Gasteiger partial charge in [-0.1, -0.05) is 6.92 Å². The van der Waals surface area contributed by atoms with E-state index in [1.807, 2.05) is 18.2 Å². The smallest absolute Gasteiger partial charge is 0.122 e. The molecule has 0 fully saturated rings. The average Bonchev–Trinajstić information content (AvgIpc) is 2.27. The SMILES string of the molecule is CC[C@H](N)c1cc(OC)cc(OC)c1. The Balaban J connectivity index is 3.04. The predicted octanol–water partition coefficient (Wildman–Crippen LogP) is 2.11.